The van der Waals surface area contributed by atoms with Gasteiger partial charge < -0.3 is 5.32 Å². The topological polar surface area (TPSA) is 96.9 Å². The van der Waals surface area contributed by atoms with Crippen LogP contribution in [0.15, 0.2) is 58.1 Å². The fourth-order valence-electron chi connectivity index (χ4n) is 2.52. The molecule has 1 aromatic carbocycles. The first-order chi connectivity index (χ1) is 13.9. The number of nitrogens with one attached hydrogen (secondary N) is 2. The monoisotopic (exact) mass is 443 g/mol. The van der Waals surface area contributed by atoms with Crippen LogP contribution in [0.5, 0.6) is 0 Å². The average molecular weight is 444 g/mol. The molecule has 3 heterocycles. The van der Waals surface area contributed by atoms with E-state index in [1.165, 1.54) is 22.7 Å². The number of benzene rings is 1. The van der Waals surface area contributed by atoms with E-state index in [1.807, 2.05) is 31.4 Å². The molecule has 0 saturated carbocycles. The summed E-state index contributed by atoms with van der Waals surface area (Å²) >= 11 is 2.73. The van der Waals surface area contributed by atoms with Crippen molar-refractivity contribution in [3.05, 3.63) is 64.6 Å². The SMILES string of the molecule is Cc1ccc(Nc2ccc(NS(=O)(=O)c3ccc(-c4csc(C)n4)s3)cc2)nn1. The van der Waals surface area contributed by atoms with Gasteiger partial charge in [-0.05, 0) is 62.4 Å². The van der Waals surface area contributed by atoms with Crippen molar-refractivity contribution < 1.29 is 8.42 Å². The predicted octanol–water partition coefficient (Wildman–Crippen LogP) is 4.82. The number of aromatic nitrogens is 3. The Morgan fingerprint density at radius 2 is 1.66 bits per heavy atom. The molecule has 0 bridgehead atoms. The maximum absolute atomic E-state index is 12.7. The number of aryl methyl sites for hydroxylation is 2. The van der Waals surface area contributed by atoms with Crippen LogP contribution in [0.25, 0.3) is 10.6 Å². The van der Waals surface area contributed by atoms with Gasteiger partial charge in [-0.3, -0.25) is 4.72 Å². The Balaban J connectivity index is 1.46. The summed E-state index contributed by atoms with van der Waals surface area (Å²) in [7, 11) is -3.67. The number of thiophene rings is 1. The molecule has 148 valence electrons. The molecule has 4 aromatic rings. The number of anilines is 3. The summed E-state index contributed by atoms with van der Waals surface area (Å²) in [6.45, 7) is 3.79. The fraction of sp³-hybridized carbons (Fsp3) is 0.105. The number of thiazole rings is 1. The standard InChI is InChI=1S/C19H17N5O2S3/c1-12-3-9-18(23-22-12)21-14-4-6-15(7-5-14)24-29(25,26)19-10-8-17(28-19)16-11-27-13(2)20-16/h3-11,24H,1-2H3,(H,21,23). The molecule has 0 aliphatic rings. The molecule has 2 N–H and O–H groups in total. The zero-order valence-corrected chi connectivity index (χ0v) is 18.0. The quantitative estimate of drug-likeness (QED) is 0.443. The highest BCUT2D eigenvalue weighted by Crippen LogP contribution is 2.32. The molecule has 0 spiro atoms. The number of hydrogen-bond donors (Lipinski definition) is 2. The number of hydrogen-bond acceptors (Lipinski definition) is 8. The van der Waals surface area contributed by atoms with Crippen LogP contribution in [0.1, 0.15) is 10.7 Å². The average Bonchev–Trinajstić information content (AvgIpc) is 3.34. The van der Waals surface area contributed by atoms with Crippen molar-refractivity contribution in [3.8, 4) is 10.6 Å². The van der Waals surface area contributed by atoms with E-state index >= 15 is 0 Å². The Hall–Kier alpha value is -2.82. The van der Waals surface area contributed by atoms with E-state index in [0.717, 1.165) is 27.0 Å². The second-order valence-corrected chi connectivity index (χ2v) is 10.3. The lowest BCUT2D eigenvalue weighted by Gasteiger charge is -2.08. The maximum atomic E-state index is 12.7. The van der Waals surface area contributed by atoms with Crippen molar-refractivity contribution in [3.63, 3.8) is 0 Å². The van der Waals surface area contributed by atoms with Gasteiger partial charge >= 0.3 is 0 Å². The Morgan fingerprint density at radius 1 is 0.897 bits per heavy atom. The van der Waals surface area contributed by atoms with E-state index in [9.17, 15) is 8.42 Å². The number of rotatable bonds is 6. The third kappa shape index (κ3) is 4.61. The summed E-state index contributed by atoms with van der Waals surface area (Å²) in [5.41, 5.74) is 2.89. The van der Waals surface area contributed by atoms with Gasteiger partial charge in [-0.25, -0.2) is 13.4 Å². The van der Waals surface area contributed by atoms with Crippen LogP contribution in [0, 0.1) is 13.8 Å². The van der Waals surface area contributed by atoms with E-state index < -0.39 is 10.0 Å². The zero-order valence-electron chi connectivity index (χ0n) is 15.6. The molecule has 3 aromatic heterocycles. The van der Waals surface area contributed by atoms with Crippen LogP contribution < -0.4 is 10.0 Å². The van der Waals surface area contributed by atoms with E-state index in [-0.39, 0.29) is 4.21 Å². The van der Waals surface area contributed by atoms with Crippen LogP contribution in [0.4, 0.5) is 17.2 Å². The van der Waals surface area contributed by atoms with Crippen LogP contribution in [0.2, 0.25) is 0 Å². The highest BCUT2D eigenvalue weighted by atomic mass is 32.2. The molecule has 0 unspecified atom stereocenters. The summed E-state index contributed by atoms with van der Waals surface area (Å²) in [5, 5.41) is 14.0. The van der Waals surface area contributed by atoms with Crippen molar-refractivity contribution in [2.45, 2.75) is 18.1 Å². The van der Waals surface area contributed by atoms with Crippen LogP contribution >= 0.6 is 22.7 Å². The molecule has 10 heteroatoms. The highest BCUT2D eigenvalue weighted by Gasteiger charge is 2.18. The zero-order chi connectivity index (χ0) is 20.4. The van der Waals surface area contributed by atoms with Gasteiger partial charge in [0.2, 0.25) is 0 Å². The van der Waals surface area contributed by atoms with Gasteiger partial charge in [0.25, 0.3) is 10.0 Å². The minimum absolute atomic E-state index is 0.246. The Kier molecular flexibility index (Phi) is 5.31. The third-order valence-corrected chi connectivity index (χ3v) is 7.68. The molecule has 29 heavy (non-hydrogen) atoms. The van der Waals surface area contributed by atoms with Gasteiger partial charge in [0.05, 0.1) is 21.3 Å². The van der Waals surface area contributed by atoms with Gasteiger partial charge in [0.1, 0.15) is 4.21 Å². The summed E-state index contributed by atoms with van der Waals surface area (Å²) in [4.78, 5) is 5.23. The molecule has 0 aliphatic heterocycles. The smallest absolute Gasteiger partial charge is 0.271 e. The largest absolute Gasteiger partial charge is 0.339 e. The van der Waals surface area contributed by atoms with Gasteiger partial charge in [-0.2, -0.15) is 5.10 Å². The van der Waals surface area contributed by atoms with Gasteiger partial charge in [0, 0.05) is 16.8 Å². The Labute approximate surface area is 176 Å². The molecule has 0 fully saturated rings. The lowest BCUT2D eigenvalue weighted by Crippen LogP contribution is -2.11. The first kappa shape index (κ1) is 19.5. The van der Waals surface area contributed by atoms with Gasteiger partial charge in [-0.1, -0.05) is 0 Å². The van der Waals surface area contributed by atoms with Crippen molar-refractivity contribution in [2.24, 2.45) is 0 Å². The molecule has 0 aliphatic carbocycles. The van der Waals surface area contributed by atoms with Crippen LogP contribution in [0.3, 0.4) is 0 Å². The second kappa shape index (κ2) is 7.90. The molecule has 7 nitrogen and oxygen atoms in total. The Morgan fingerprint density at radius 3 is 2.31 bits per heavy atom. The molecular weight excluding hydrogens is 426 g/mol. The lowest BCUT2D eigenvalue weighted by atomic mass is 10.3. The molecular formula is C19H17N5O2S3. The minimum atomic E-state index is -3.67. The molecule has 0 amide bonds. The highest BCUT2D eigenvalue weighted by molar-refractivity contribution is 7.94. The number of sulfonamides is 1. The van der Waals surface area contributed by atoms with Crippen LogP contribution in [-0.4, -0.2) is 23.6 Å². The van der Waals surface area contributed by atoms with Gasteiger partial charge in [-0.15, -0.1) is 27.8 Å². The minimum Gasteiger partial charge on any atom is -0.339 e. The molecule has 0 atom stereocenters. The van der Waals surface area contributed by atoms with Crippen LogP contribution in [-0.2, 0) is 10.0 Å². The van der Waals surface area contributed by atoms with Crippen molar-refractivity contribution in [1.82, 2.24) is 15.2 Å². The summed E-state index contributed by atoms with van der Waals surface area (Å²) in [6, 6.07) is 14.0. The maximum Gasteiger partial charge on any atom is 0.271 e. The third-order valence-electron chi connectivity index (χ3n) is 3.93. The molecule has 0 radical (unpaired) electrons. The molecule has 0 saturated heterocycles. The Bertz CT molecular complexity index is 1230. The van der Waals surface area contributed by atoms with Crippen molar-refractivity contribution in [2.75, 3.05) is 10.0 Å². The first-order valence-corrected chi connectivity index (χ1v) is 11.8. The lowest BCUT2D eigenvalue weighted by molar-refractivity contribution is 0.603. The van der Waals surface area contributed by atoms with Gasteiger partial charge in [0.15, 0.2) is 5.82 Å². The second-order valence-electron chi connectivity index (χ2n) is 6.24. The van der Waals surface area contributed by atoms with E-state index in [2.05, 4.69) is 25.2 Å². The predicted molar refractivity (Wildman–Crippen MR) is 117 cm³/mol. The number of nitrogens with zero attached hydrogens (tertiary/aromatic N) is 3. The van der Waals surface area contributed by atoms with E-state index in [4.69, 9.17) is 0 Å². The summed E-state index contributed by atoms with van der Waals surface area (Å²) in [6.07, 6.45) is 0. The summed E-state index contributed by atoms with van der Waals surface area (Å²) in [5.74, 6) is 0.618. The summed E-state index contributed by atoms with van der Waals surface area (Å²) < 4.78 is 28.3. The van der Waals surface area contributed by atoms with E-state index in [0.29, 0.717) is 11.5 Å². The van der Waals surface area contributed by atoms with Crippen molar-refractivity contribution >= 4 is 49.9 Å². The fourth-order valence-corrected chi connectivity index (χ4v) is 5.53. The normalized spacial score (nSPS) is 11.4. The first-order valence-electron chi connectivity index (χ1n) is 8.62. The molecule has 4 rings (SSSR count). The van der Waals surface area contributed by atoms with Crippen molar-refractivity contribution in [1.29, 1.82) is 0 Å². The van der Waals surface area contributed by atoms with E-state index in [1.54, 1.807) is 36.4 Å².